The highest BCUT2D eigenvalue weighted by Gasteiger charge is 2.26. The highest BCUT2D eigenvalue weighted by atomic mass is 35.5. The molecule has 0 bridgehead atoms. The minimum Gasteiger partial charge on any atom is -0.366 e. The molecule has 1 saturated heterocycles. The normalized spacial score (nSPS) is 24.3. The maximum Gasteiger partial charge on any atom is 0.0642 e. The minimum absolute atomic E-state index is 0.529. The molecule has 0 amide bonds. The molecule has 0 aromatic heterocycles. The Balaban J connectivity index is 2.22. The van der Waals surface area contributed by atoms with E-state index in [0.29, 0.717) is 17.8 Å². The van der Waals surface area contributed by atoms with Crippen LogP contribution in [0.3, 0.4) is 0 Å². The highest BCUT2D eigenvalue weighted by molar-refractivity contribution is 8.00. The molecule has 0 spiro atoms. The van der Waals surface area contributed by atoms with Gasteiger partial charge in [0.15, 0.2) is 0 Å². The third-order valence-electron chi connectivity index (χ3n) is 3.64. The van der Waals surface area contributed by atoms with E-state index >= 15 is 0 Å². The lowest BCUT2D eigenvalue weighted by atomic mass is 10.1. The van der Waals surface area contributed by atoms with E-state index < -0.39 is 0 Å². The van der Waals surface area contributed by atoms with Crippen molar-refractivity contribution in [1.82, 2.24) is 0 Å². The fourth-order valence-corrected chi connectivity index (χ4v) is 3.79. The second kappa shape index (κ2) is 6.18. The number of hydrogen-bond acceptors (Lipinski definition) is 3. The first-order valence-electron chi connectivity index (χ1n) is 6.50. The van der Waals surface area contributed by atoms with Crippen molar-refractivity contribution in [3.8, 4) is 0 Å². The Morgan fingerprint density at radius 3 is 2.89 bits per heavy atom. The van der Waals surface area contributed by atoms with Crippen LogP contribution in [0.2, 0.25) is 5.02 Å². The molecule has 2 unspecified atom stereocenters. The molecule has 2 atom stereocenters. The molecule has 0 aliphatic carbocycles. The summed E-state index contributed by atoms with van der Waals surface area (Å²) in [6.45, 7) is 6.31. The van der Waals surface area contributed by atoms with Crippen LogP contribution in [0.15, 0.2) is 18.2 Å². The Kier molecular flexibility index (Phi) is 4.82. The van der Waals surface area contributed by atoms with Crippen molar-refractivity contribution in [1.29, 1.82) is 0 Å². The summed E-state index contributed by atoms with van der Waals surface area (Å²) < 4.78 is 0. The van der Waals surface area contributed by atoms with Crippen LogP contribution in [0, 0.1) is 0 Å². The molecule has 2 N–H and O–H groups in total. The first kappa shape index (κ1) is 14.0. The van der Waals surface area contributed by atoms with Gasteiger partial charge in [0.1, 0.15) is 0 Å². The Bertz CT molecular complexity index is 411. The van der Waals surface area contributed by atoms with Gasteiger partial charge in [-0.1, -0.05) is 24.6 Å². The van der Waals surface area contributed by atoms with Crippen molar-refractivity contribution in [2.24, 2.45) is 5.73 Å². The fraction of sp³-hybridized carbons (Fsp3) is 0.571. The summed E-state index contributed by atoms with van der Waals surface area (Å²) in [5.74, 6) is 1.17. The molecule has 0 saturated carbocycles. The number of anilines is 1. The number of nitrogens with two attached hydrogens (primary N) is 1. The molecular weight excluding hydrogens is 264 g/mol. The number of rotatable bonds is 3. The molecular formula is C14H21ClN2S. The van der Waals surface area contributed by atoms with Crippen molar-refractivity contribution in [2.75, 3.05) is 23.7 Å². The summed E-state index contributed by atoms with van der Waals surface area (Å²) in [4.78, 5) is 2.43. The van der Waals surface area contributed by atoms with Gasteiger partial charge >= 0.3 is 0 Å². The molecule has 100 valence electrons. The zero-order valence-electron chi connectivity index (χ0n) is 11.0. The van der Waals surface area contributed by atoms with Gasteiger partial charge in [-0.3, -0.25) is 0 Å². The molecule has 4 heteroatoms. The van der Waals surface area contributed by atoms with Crippen molar-refractivity contribution in [3.63, 3.8) is 0 Å². The molecule has 0 radical (unpaired) electrons. The largest absolute Gasteiger partial charge is 0.366 e. The summed E-state index contributed by atoms with van der Waals surface area (Å²) in [6.07, 6.45) is 0.891. The van der Waals surface area contributed by atoms with Gasteiger partial charge < -0.3 is 10.6 Å². The smallest absolute Gasteiger partial charge is 0.0642 e. The van der Waals surface area contributed by atoms with Crippen LogP contribution in [0.4, 0.5) is 5.69 Å². The molecule has 2 rings (SSSR count). The van der Waals surface area contributed by atoms with E-state index in [0.717, 1.165) is 23.7 Å². The van der Waals surface area contributed by atoms with Gasteiger partial charge in [-0.2, -0.15) is 11.8 Å². The number of thioether (sulfide) groups is 1. The molecule has 1 heterocycles. The number of halogens is 1. The van der Waals surface area contributed by atoms with Crippen LogP contribution in [-0.2, 0) is 6.42 Å². The molecule has 1 aromatic rings. The van der Waals surface area contributed by atoms with Gasteiger partial charge in [-0.15, -0.1) is 0 Å². The first-order chi connectivity index (χ1) is 8.63. The van der Waals surface area contributed by atoms with Crippen molar-refractivity contribution in [2.45, 2.75) is 31.6 Å². The van der Waals surface area contributed by atoms with E-state index in [2.05, 4.69) is 36.9 Å². The lowest BCUT2D eigenvalue weighted by molar-refractivity contribution is 0.627. The van der Waals surface area contributed by atoms with Crippen LogP contribution in [-0.4, -0.2) is 30.1 Å². The average Bonchev–Trinajstić information content (AvgIpc) is 2.34. The molecule has 1 aliphatic heterocycles. The van der Waals surface area contributed by atoms with Gasteiger partial charge in [-0.05, 0) is 37.6 Å². The monoisotopic (exact) mass is 284 g/mol. The Labute approximate surface area is 119 Å². The van der Waals surface area contributed by atoms with E-state index in [1.54, 1.807) is 0 Å². The lowest BCUT2D eigenvalue weighted by Crippen LogP contribution is -2.44. The van der Waals surface area contributed by atoms with Crippen molar-refractivity contribution < 1.29 is 0 Å². The van der Waals surface area contributed by atoms with Crippen molar-refractivity contribution in [3.05, 3.63) is 28.8 Å². The van der Waals surface area contributed by atoms with Crippen LogP contribution in [0.1, 0.15) is 19.4 Å². The number of benzene rings is 1. The van der Waals surface area contributed by atoms with Crippen LogP contribution in [0.5, 0.6) is 0 Å². The maximum atomic E-state index is 6.42. The molecule has 1 aliphatic rings. The summed E-state index contributed by atoms with van der Waals surface area (Å²) >= 11 is 8.46. The average molecular weight is 285 g/mol. The van der Waals surface area contributed by atoms with Crippen LogP contribution >= 0.6 is 23.4 Å². The van der Waals surface area contributed by atoms with Gasteiger partial charge in [0.05, 0.1) is 10.7 Å². The van der Waals surface area contributed by atoms with Gasteiger partial charge in [0.2, 0.25) is 0 Å². The lowest BCUT2D eigenvalue weighted by Gasteiger charge is -2.39. The second-order valence-electron chi connectivity index (χ2n) is 4.83. The third kappa shape index (κ3) is 2.95. The molecule has 18 heavy (non-hydrogen) atoms. The van der Waals surface area contributed by atoms with Crippen molar-refractivity contribution >= 4 is 29.1 Å². The highest BCUT2D eigenvalue weighted by Crippen LogP contribution is 2.34. The Morgan fingerprint density at radius 1 is 1.44 bits per heavy atom. The minimum atomic E-state index is 0.529. The first-order valence-corrected chi connectivity index (χ1v) is 7.93. The maximum absolute atomic E-state index is 6.42. The van der Waals surface area contributed by atoms with Gasteiger partial charge in [0, 0.05) is 23.6 Å². The third-order valence-corrected chi connectivity index (χ3v) is 5.28. The summed E-state index contributed by atoms with van der Waals surface area (Å²) in [5, 5.41) is 1.51. The SMILES string of the molecule is CC1SCCN(c2ccc(CCN)cc2Cl)C1C. The fourth-order valence-electron chi connectivity index (χ4n) is 2.38. The van der Waals surface area contributed by atoms with E-state index in [1.807, 2.05) is 11.8 Å². The molecule has 2 nitrogen and oxygen atoms in total. The van der Waals surface area contributed by atoms with E-state index in [9.17, 15) is 0 Å². The Morgan fingerprint density at radius 2 is 2.22 bits per heavy atom. The number of hydrogen-bond donors (Lipinski definition) is 1. The van der Waals surface area contributed by atoms with Crippen LogP contribution < -0.4 is 10.6 Å². The molecule has 1 fully saturated rings. The van der Waals surface area contributed by atoms with Crippen LogP contribution in [0.25, 0.3) is 0 Å². The van der Waals surface area contributed by atoms with E-state index in [-0.39, 0.29) is 0 Å². The zero-order valence-corrected chi connectivity index (χ0v) is 12.6. The van der Waals surface area contributed by atoms with E-state index in [4.69, 9.17) is 17.3 Å². The quantitative estimate of drug-likeness (QED) is 0.924. The van der Waals surface area contributed by atoms with Gasteiger partial charge in [0.25, 0.3) is 0 Å². The summed E-state index contributed by atoms with van der Waals surface area (Å²) in [6, 6.07) is 6.88. The standard InChI is InChI=1S/C14H21ClN2S/c1-10-11(2)18-8-7-17(10)14-4-3-12(5-6-16)9-13(14)15/h3-4,9-11H,5-8,16H2,1-2H3. The molecule has 1 aromatic carbocycles. The summed E-state index contributed by atoms with van der Waals surface area (Å²) in [5.41, 5.74) is 7.96. The predicted molar refractivity (Wildman–Crippen MR) is 82.9 cm³/mol. The topological polar surface area (TPSA) is 29.3 Å². The summed E-state index contributed by atoms with van der Waals surface area (Å²) in [7, 11) is 0. The predicted octanol–water partition coefficient (Wildman–Crippen LogP) is 3.17. The zero-order chi connectivity index (χ0) is 13.1. The Hall–Kier alpha value is -0.380. The van der Waals surface area contributed by atoms with E-state index in [1.165, 1.54) is 11.3 Å². The number of nitrogens with zero attached hydrogens (tertiary/aromatic N) is 1. The van der Waals surface area contributed by atoms with Gasteiger partial charge in [-0.25, -0.2) is 0 Å². The second-order valence-corrected chi connectivity index (χ2v) is 6.73.